The lowest BCUT2D eigenvalue weighted by Crippen LogP contribution is -2.04. The Bertz CT molecular complexity index is 710. The third-order valence-corrected chi connectivity index (χ3v) is 3.33. The minimum absolute atomic E-state index is 0.245. The van der Waals surface area contributed by atoms with E-state index in [1.807, 2.05) is 13.0 Å². The number of nitrogens with zero attached hydrogens (tertiary/aromatic N) is 3. The molecule has 1 aromatic heterocycles. The maximum atomic E-state index is 13.9. The van der Waals surface area contributed by atoms with Gasteiger partial charge in [0.15, 0.2) is 0 Å². The van der Waals surface area contributed by atoms with Crippen molar-refractivity contribution in [1.82, 2.24) is 9.97 Å². The number of benzene rings is 1. The smallest absolute Gasteiger partial charge is 0.147 e. The molecule has 0 radical (unpaired) electrons. The molecule has 0 amide bonds. The Kier molecular flexibility index (Phi) is 4.71. The summed E-state index contributed by atoms with van der Waals surface area (Å²) in [6, 6.07) is 6.11. The van der Waals surface area contributed by atoms with Crippen LogP contribution in [0, 0.1) is 24.1 Å². The molecule has 2 rings (SSSR count). The van der Waals surface area contributed by atoms with Crippen molar-refractivity contribution in [3.63, 3.8) is 0 Å². The molecule has 6 heteroatoms. The van der Waals surface area contributed by atoms with Crippen LogP contribution in [-0.4, -0.2) is 9.97 Å². The quantitative estimate of drug-likeness (QED) is 0.862. The monoisotopic (exact) mass is 304 g/mol. The lowest BCUT2D eigenvalue weighted by atomic mass is 10.2. The Morgan fingerprint density at radius 2 is 2.14 bits per heavy atom. The standard InChI is InChI=1S/C15H14ClFN4/c1-3-4-13-20-14(16)9(2)15(21-13)19-12-6-5-10(8-18)7-11(12)17/h5-7H,3-4H2,1-2H3,(H,19,20,21). The molecular weight excluding hydrogens is 291 g/mol. The number of nitrogens with one attached hydrogen (secondary N) is 1. The van der Waals surface area contributed by atoms with Gasteiger partial charge in [-0.1, -0.05) is 18.5 Å². The summed E-state index contributed by atoms with van der Waals surface area (Å²) in [6.45, 7) is 3.78. The van der Waals surface area contributed by atoms with Crippen molar-refractivity contribution in [3.05, 3.63) is 46.1 Å². The molecule has 4 nitrogen and oxygen atoms in total. The summed E-state index contributed by atoms with van der Waals surface area (Å²) in [5.41, 5.74) is 1.16. The summed E-state index contributed by atoms with van der Waals surface area (Å²) in [5, 5.41) is 12.0. The molecule has 0 spiro atoms. The number of nitriles is 1. The number of hydrogen-bond donors (Lipinski definition) is 1. The Morgan fingerprint density at radius 1 is 1.38 bits per heavy atom. The van der Waals surface area contributed by atoms with Crippen LogP contribution in [0.1, 0.15) is 30.3 Å². The summed E-state index contributed by atoms with van der Waals surface area (Å²) in [7, 11) is 0. The van der Waals surface area contributed by atoms with Gasteiger partial charge in [-0.05, 0) is 31.5 Å². The van der Waals surface area contributed by atoms with Gasteiger partial charge in [-0.2, -0.15) is 5.26 Å². The summed E-state index contributed by atoms with van der Waals surface area (Å²) in [5.74, 6) is 0.576. The van der Waals surface area contributed by atoms with Gasteiger partial charge >= 0.3 is 0 Å². The van der Waals surface area contributed by atoms with E-state index in [1.54, 1.807) is 6.92 Å². The highest BCUT2D eigenvalue weighted by Gasteiger charge is 2.11. The van der Waals surface area contributed by atoms with E-state index in [-0.39, 0.29) is 11.3 Å². The predicted octanol–water partition coefficient (Wildman–Crippen LogP) is 4.15. The van der Waals surface area contributed by atoms with Crippen LogP contribution in [0.3, 0.4) is 0 Å². The fourth-order valence-corrected chi connectivity index (χ4v) is 1.99. The molecule has 21 heavy (non-hydrogen) atoms. The molecule has 1 N–H and O–H groups in total. The van der Waals surface area contributed by atoms with Gasteiger partial charge in [0.2, 0.25) is 0 Å². The van der Waals surface area contributed by atoms with Crippen molar-refractivity contribution in [2.45, 2.75) is 26.7 Å². The molecule has 0 aliphatic heterocycles. The number of aryl methyl sites for hydroxylation is 1. The SMILES string of the molecule is CCCc1nc(Cl)c(C)c(Nc2ccc(C#N)cc2F)n1. The first-order valence-electron chi connectivity index (χ1n) is 6.54. The van der Waals surface area contributed by atoms with Gasteiger partial charge in [0, 0.05) is 12.0 Å². The van der Waals surface area contributed by atoms with Crippen molar-refractivity contribution in [2.75, 3.05) is 5.32 Å². The van der Waals surface area contributed by atoms with Gasteiger partial charge in [0.05, 0.1) is 17.3 Å². The van der Waals surface area contributed by atoms with Crippen LogP contribution in [-0.2, 0) is 6.42 Å². The summed E-state index contributed by atoms with van der Waals surface area (Å²) in [4.78, 5) is 8.56. The second-order valence-corrected chi connectivity index (χ2v) is 4.94. The van der Waals surface area contributed by atoms with Gasteiger partial charge < -0.3 is 5.32 Å². The molecule has 0 saturated heterocycles. The lowest BCUT2D eigenvalue weighted by Gasteiger charge is -2.12. The largest absolute Gasteiger partial charge is 0.337 e. The van der Waals surface area contributed by atoms with Crippen molar-refractivity contribution < 1.29 is 4.39 Å². The fourth-order valence-electron chi connectivity index (χ4n) is 1.80. The van der Waals surface area contributed by atoms with Gasteiger partial charge in [-0.25, -0.2) is 14.4 Å². The molecule has 0 saturated carbocycles. The van der Waals surface area contributed by atoms with Crippen molar-refractivity contribution in [3.8, 4) is 6.07 Å². The van der Waals surface area contributed by atoms with Gasteiger partial charge in [-0.3, -0.25) is 0 Å². The average Bonchev–Trinajstić information content (AvgIpc) is 2.46. The molecule has 0 bridgehead atoms. The third-order valence-electron chi connectivity index (χ3n) is 2.96. The summed E-state index contributed by atoms with van der Waals surface area (Å²) >= 11 is 6.08. The van der Waals surface area contributed by atoms with E-state index in [1.165, 1.54) is 18.2 Å². The topological polar surface area (TPSA) is 61.6 Å². The number of halogens is 2. The van der Waals surface area contributed by atoms with E-state index < -0.39 is 5.82 Å². The molecule has 0 unspecified atom stereocenters. The predicted molar refractivity (Wildman–Crippen MR) is 80.2 cm³/mol. The molecule has 1 aromatic carbocycles. The van der Waals surface area contributed by atoms with Crippen molar-refractivity contribution >= 4 is 23.1 Å². The molecule has 0 atom stereocenters. The van der Waals surface area contributed by atoms with Gasteiger partial charge in [-0.15, -0.1) is 0 Å². The number of anilines is 2. The summed E-state index contributed by atoms with van der Waals surface area (Å²) in [6.07, 6.45) is 1.59. The minimum Gasteiger partial charge on any atom is -0.337 e. The second kappa shape index (κ2) is 6.51. The van der Waals surface area contributed by atoms with Crippen LogP contribution in [0.5, 0.6) is 0 Å². The molecule has 108 valence electrons. The first-order chi connectivity index (χ1) is 10.0. The minimum atomic E-state index is -0.514. The maximum Gasteiger partial charge on any atom is 0.147 e. The Labute approximate surface area is 127 Å². The second-order valence-electron chi connectivity index (χ2n) is 4.59. The van der Waals surface area contributed by atoms with Crippen LogP contribution in [0.2, 0.25) is 5.15 Å². The van der Waals surface area contributed by atoms with E-state index in [0.29, 0.717) is 28.8 Å². The van der Waals surface area contributed by atoms with Gasteiger partial charge in [0.1, 0.15) is 22.6 Å². The van der Waals surface area contributed by atoms with Crippen molar-refractivity contribution in [2.24, 2.45) is 0 Å². The normalized spacial score (nSPS) is 10.2. The highest BCUT2D eigenvalue weighted by atomic mass is 35.5. The number of aromatic nitrogens is 2. The van der Waals surface area contributed by atoms with Crippen LogP contribution in [0.4, 0.5) is 15.9 Å². The number of rotatable bonds is 4. The Morgan fingerprint density at radius 3 is 2.76 bits per heavy atom. The van der Waals surface area contributed by atoms with Crippen LogP contribution in [0.15, 0.2) is 18.2 Å². The average molecular weight is 305 g/mol. The lowest BCUT2D eigenvalue weighted by molar-refractivity contribution is 0.631. The van der Waals surface area contributed by atoms with E-state index in [0.717, 1.165) is 6.42 Å². The number of hydrogen-bond acceptors (Lipinski definition) is 4. The van der Waals surface area contributed by atoms with Crippen LogP contribution >= 0.6 is 11.6 Å². The first-order valence-corrected chi connectivity index (χ1v) is 6.92. The zero-order chi connectivity index (χ0) is 15.4. The fraction of sp³-hybridized carbons (Fsp3) is 0.267. The van der Waals surface area contributed by atoms with E-state index in [9.17, 15) is 4.39 Å². The Hall–Kier alpha value is -2.19. The van der Waals surface area contributed by atoms with E-state index >= 15 is 0 Å². The molecular formula is C15H14ClFN4. The zero-order valence-corrected chi connectivity index (χ0v) is 12.5. The molecule has 0 aliphatic carbocycles. The van der Waals surface area contributed by atoms with Crippen molar-refractivity contribution in [1.29, 1.82) is 5.26 Å². The first kappa shape index (κ1) is 15.2. The summed E-state index contributed by atoms with van der Waals surface area (Å²) < 4.78 is 13.9. The van der Waals surface area contributed by atoms with Crippen LogP contribution in [0.25, 0.3) is 0 Å². The molecule has 0 aliphatic rings. The Balaban J connectivity index is 2.37. The highest BCUT2D eigenvalue weighted by Crippen LogP contribution is 2.25. The van der Waals surface area contributed by atoms with E-state index in [4.69, 9.17) is 16.9 Å². The van der Waals surface area contributed by atoms with Gasteiger partial charge in [0.25, 0.3) is 0 Å². The third kappa shape index (κ3) is 3.47. The zero-order valence-electron chi connectivity index (χ0n) is 11.7. The highest BCUT2D eigenvalue weighted by molar-refractivity contribution is 6.30. The molecule has 2 aromatic rings. The molecule has 0 fully saturated rings. The van der Waals surface area contributed by atoms with Crippen LogP contribution < -0.4 is 5.32 Å². The molecule has 1 heterocycles. The van der Waals surface area contributed by atoms with E-state index in [2.05, 4.69) is 15.3 Å². The maximum absolute atomic E-state index is 13.9.